The average Bonchev–Trinajstić information content (AvgIpc) is 3.31. The number of hydrogen-bond donors (Lipinski definition) is 1. The number of aromatic nitrogens is 4. The Morgan fingerprint density at radius 1 is 1.23 bits per heavy atom. The lowest BCUT2D eigenvalue weighted by Gasteiger charge is -2.36. The Labute approximate surface area is 202 Å². The SMILES string of the molecule is CC(C)c1nccn1CCC(=O)N1CCCC[C@@H]1c1nc(N)ncc1-c1cccc(C(F)(F)F)c1. The Balaban J connectivity index is 1.63. The Kier molecular flexibility index (Phi) is 7.09. The first-order chi connectivity index (χ1) is 16.6. The molecule has 3 aromatic rings. The topological polar surface area (TPSA) is 89.9 Å². The van der Waals surface area contributed by atoms with E-state index in [0.29, 0.717) is 36.3 Å². The third-order valence-electron chi connectivity index (χ3n) is 6.31. The van der Waals surface area contributed by atoms with Crippen molar-refractivity contribution in [3.05, 3.63) is 59.9 Å². The molecule has 0 saturated carbocycles. The molecule has 1 aliphatic heterocycles. The van der Waals surface area contributed by atoms with Crippen LogP contribution in [0.3, 0.4) is 0 Å². The fraction of sp³-hybridized carbons (Fsp3) is 0.440. The van der Waals surface area contributed by atoms with Gasteiger partial charge in [0.15, 0.2) is 0 Å². The molecule has 1 aromatic carbocycles. The molecular weight excluding hydrogens is 457 g/mol. The van der Waals surface area contributed by atoms with E-state index >= 15 is 0 Å². The molecule has 0 spiro atoms. The van der Waals surface area contributed by atoms with E-state index in [2.05, 4.69) is 28.8 Å². The molecule has 3 heterocycles. The van der Waals surface area contributed by atoms with Crippen LogP contribution in [0, 0.1) is 0 Å². The minimum Gasteiger partial charge on any atom is -0.368 e. The number of amides is 1. The molecule has 4 rings (SSSR count). The summed E-state index contributed by atoms with van der Waals surface area (Å²) < 4.78 is 42.0. The van der Waals surface area contributed by atoms with Gasteiger partial charge in [-0.15, -0.1) is 0 Å². The number of imidazole rings is 1. The van der Waals surface area contributed by atoms with E-state index in [1.807, 2.05) is 10.8 Å². The van der Waals surface area contributed by atoms with E-state index in [4.69, 9.17) is 5.73 Å². The van der Waals surface area contributed by atoms with E-state index in [0.717, 1.165) is 30.8 Å². The zero-order valence-corrected chi connectivity index (χ0v) is 19.8. The number of nitrogens with zero attached hydrogens (tertiary/aromatic N) is 5. The fourth-order valence-electron chi connectivity index (χ4n) is 4.63. The summed E-state index contributed by atoms with van der Waals surface area (Å²) in [6, 6.07) is 4.67. The van der Waals surface area contributed by atoms with Crippen molar-refractivity contribution in [1.82, 2.24) is 24.4 Å². The summed E-state index contributed by atoms with van der Waals surface area (Å²) in [5.74, 6) is 1.14. The Morgan fingerprint density at radius 2 is 2.03 bits per heavy atom. The Hall–Kier alpha value is -3.43. The van der Waals surface area contributed by atoms with Crippen LogP contribution < -0.4 is 5.73 Å². The van der Waals surface area contributed by atoms with Crippen LogP contribution in [0.5, 0.6) is 0 Å². The van der Waals surface area contributed by atoms with Crippen molar-refractivity contribution in [3.63, 3.8) is 0 Å². The molecule has 2 N–H and O–H groups in total. The Bertz CT molecular complexity index is 1190. The lowest BCUT2D eigenvalue weighted by atomic mass is 9.93. The van der Waals surface area contributed by atoms with Crippen molar-refractivity contribution in [2.24, 2.45) is 0 Å². The quantitative estimate of drug-likeness (QED) is 0.517. The van der Waals surface area contributed by atoms with Gasteiger partial charge in [0.05, 0.1) is 17.3 Å². The van der Waals surface area contributed by atoms with Crippen LogP contribution in [0.25, 0.3) is 11.1 Å². The van der Waals surface area contributed by atoms with Crippen molar-refractivity contribution >= 4 is 11.9 Å². The van der Waals surface area contributed by atoms with Gasteiger partial charge in [-0.25, -0.2) is 15.0 Å². The summed E-state index contributed by atoms with van der Waals surface area (Å²) in [6.45, 7) is 5.16. The van der Waals surface area contributed by atoms with E-state index < -0.39 is 17.8 Å². The summed E-state index contributed by atoms with van der Waals surface area (Å²) in [6.07, 6.45) is 3.23. The van der Waals surface area contributed by atoms with Gasteiger partial charge >= 0.3 is 6.18 Å². The number of aryl methyl sites for hydroxylation is 1. The monoisotopic (exact) mass is 486 g/mol. The Morgan fingerprint density at radius 3 is 2.77 bits per heavy atom. The molecule has 0 unspecified atom stereocenters. The number of nitrogen functional groups attached to an aromatic ring is 1. The predicted octanol–water partition coefficient (Wildman–Crippen LogP) is 5.21. The molecule has 1 atom stereocenters. The predicted molar refractivity (Wildman–Crippen MR) is 126 cm³/mol. The van der Waals surface area contributed by atoms with Crippen molar-refractivity contribution < 1.29 is 18.0 Å². The van der Waals surface area contributed by atoms with Gasteiger partial charge in [0, 0.05) is 49.6 Å². The van der Waals surface area contributed by atoms with E-state index in [1.165, 1.54) is 12.3 Å². The third kappa shape index (κ3) is 5.47. The first-order valence-corrected chi connectivity index (χ1v) is 11.8. The highest BCUT2D eigenvalue weighted by molar-refractivity contribution is 5.77. The second kappa shape index (κ2) is 10.1. The molecule has 7 nitrogen and oxygen atoms in total. The maximum atomic E-state index is 13.3. The molecule has 1 fully saturated rings. The number of likely N-dealkylation sites (tertiary alicyclic amines) is 1. The molecule has 1 amide bonds. The average molecular weight is 487 g/mol. The molecule has 1 aliphatic rings. The molecule has 0 radical (unpaired) electrons. The summed E-state index contributed by atoms with van der Waals surface area (Å²) in [5.41, 5.74) is 6.40. The second-order valence-electron chi connectivity index (χ2n) is 9.09. The van der Waals surface area contributed by atoms with E-state index in [-0.39, 0.29) is 24.2 Å². The van der Waals surface area contributed by atoms with Crippen LogP contribution in [0.1, 0.15) is 68.6 Å². The van der Waals surface area contributed by atoms with Crippen LogP contribution in [0.4, 0.5) is 19.1 Å². The maximum Gasteiger partial charge on any atom is 0.416 e. The second-order valence-corrected chi connectivity index (χ2v) is 9.09. The number of carbonyl (C=O) groups is 1. The van der Waals surface area contributed by atoms with Gasteiger partial charge in [-0.3, -0.25) is 4.79 Å². The molecular formula is C25H29F3N6O. The lowest BCUT2D eigenvalue weighted by Crippen LogP contribution is -2.39. The lowest BCUT2D eigenvalue weighted by molar-refractivity contribution is -0.137. The highest BCUT2D eigenvalue weighted by Crippen LogP contribution is 2.38. The van der Waals surface area contributed by atoms with Crippen molar-refractivity contribution in [3.8, 4) is 11.1 Å². The minimum absolute atomic E-state index is 0.0219. The van der Waals surface area contributed by atoms with Gasteiger partial charge in [-0.1, -0.05) is 26.0 Å². The van der Waals surface area contributed by atoms with E-state index in [9.17, 15) is 18.0 Å². The summed E-state index contributed by atoms with van der Waals surface area (Å²) >= 11 is 0. The van der Waals surface area contributed by atoms with Gasteiger partial charge in [0.25, 0.3) is 0 Å². The van der Waals surface area contributed by atoms with Crippen molar-refractivity contribution in [2.75, 3.05) is 12.3 Å². The molecule has 35 heavy (non-hydrogen) atoms. The number of rotatable bonds is 6. The van der Waals surface area contributed by atoms with Crippen molar-refractivity contribution in [2.45, 2.75) is 64.2 Å². The molecule has 0 aliphatic carbocycles. The normalized spacial score (nSPS) is 16.6. The fourth-order valence-corrected chi connectivity index (χ4v) is 4.63. The van der Waals surface area contributed by atoms with Crippen LogP contribution >= 0.6 is 0 Å². The van der Waals surface area contributed by atoms with Crippen LogP contribution in [0.15, 0.2) is 42.9 Å². The zero-order chi connectivity index (χ0) is 25.2. The third-order valence-corrected chi connectivity index (χ3v) is 6.31. The summed E-state index contributed by atoms with van der Waals surface area (Å²) in [5, 5.41) is 0. The summed E-state index contributed by atoms with van der Waals surface area (Å²) in [7, 11) is 0. The molecule has 0 bridgehead atoms. The van der Waals surface area contributed by atoms with Crippen LogP contribution in [0.2, 0.25) is 0 Å². The standard InChI is InChI=1S/C25H29F3N6O/c1-16(2)23-30-10-13-33(23)12-9-21(35)34-11-4-3-8-20(34)22-19(15-31-24(29)32-22)17-6-5-7-18(14-17)25(26,27)28/h5-7,10,13-16,20H,3-4,8-9,11-12H2,1-2H3,(H2,29,31,32)/t20-/m1/s1. The largest absolute Gasteiger partial charge is 0.416 e. The first-order valence-electron chi connectivity index (χ1n) is 11.8. The smallest absolute Gasteiger partial charge is 0.368 e. The summed E-state index contributed by atoms with van der Waals surface area (Å²) in [4.78, 5) is 28.0. The number of alkyl halides is 3. The van der Waals surface area contributed by atoms with Gasteiger partial charge < -0.3 is 15.2 Å². The van der Waals surface area contributed by atoms with Gasteiger partial charge in [-0.05, 0) is 37.0 Å². The number of hydrogen-bond acceptors (Lipinski definition) is 5. The molecule has 10 heteroatoms. The van der Waals surface area contributed by atoms with Gasteiger partial charge in [0.1, 0.15) is 5.82 Å². The highest BCUT2D eigenvalue weighted by Gasteiger charge is 2.33. The minimum atomic E-state index is -4.47. The number of piperidine rings is 1. The molecule has 186 valence electrons. The van der Waals surface area contributed by atoms with Crippen LogP contribution in [-0.4, -0.2) is 36.9 Å². The zero-order valence-electron chi connectivity index (χ0n) is 19.8. The molecule has 2 aromatic heterocycles. The number of halogens is 3. The van der Waals surface area contributed by atoms with Gasteiger partial charge in [-0.2, -0.15) is 13.2 Å². The number of nitrogens with two attached hydrogens (primary N) is 1. The van der Waals surface area contributed by atoms with Crippen molar-refractivity contribution in [1.29, 1.82) is 0 Å². The number of anilines is 1. The van der Waals surface area contributed by atoms with Gasteiger partial charge in [0.2, 0.25) is 11.9 Å². The van der Waals surface area contributed by atoms with E-state index in [1.54, 1.807) is 17.2 Å². The number of benzene rings is 1. The number of carbonyl (C=O) groups excluding carboxylic acids is 1. The molecule has 1 saturated heterocycles. The maximum absolute atomic E-state index is 13.3. The highest BCUT2D eigenvalue weighted by atomic mass is 19.4. The van der Waals surface area contributed by atoms with Crippen LogP contribution in [-0.2, 0) is 17.5 Å². The first kappa shape index (κ1) is 24.7.